The van der Waals surface area contributed by atoms with Gasteiger partial charge in [0, 0.05) is 36.9 Å². The normalized spacial score (nSPS) is 11.5. The van der Waals surface area contributed by atoms with E-state index in [-0.39, 0.29) is 0 Å². The maximum absolute atomic E-state index is 6.41. The number of anilines is 3. The molecule has 2 aromatic heterocycles. The van der Waals surface area contributed by atoms with Crippen molar-refractivity contribution in [3.05, 3.63) is 188 Å². The quantitative estimate of drug-likeness (QED) is 0.175. The van der Waals surface area contributed by atoms with Gasteiger partial charge < -0.3 is 9.32 Å². The van der Waals surface area contributed by atoms with Crippen LogP contribution < -0.4 is 4.90 Å². The van der Waals surface area contributed by atoms with Crippen molar-refractivity contribution in [2.24, 2.45) is 0 Å². The first kappa shape index (κ1) is 29.5. The third-order valence-corrected chi connectivity index (χ3v) is 11.0. The average molecular weight is 670 g/mol. The van der Waals surface area contributed by atoms with Gasteiger partial charge in [-0.15, -0.1) is 11.3 Å². The number of para-hydroxylation sites is 1. The van der Waals surface area contributed by atoms with Crippen LogP contribution in [0.2, 0.25) is 0 Å². The van der Waals surface area contributed by atoms with Crippen molar-refractivity contribution in [2.75, 3.05) is 4.90 Å². The Labute approximate surface area is 300 Å². The van der Waals surface area contributed by atoms with Crippen LogP contribution in [0.4, 0.5) is 17.1 Å². The molecule has 0 saturated heterocycles. The molecule has 10 rings (SSSR count). The summed E-state index contributed by atoms with van der Waals surface area (Å²) in [6.45, 7) is 0. The minimum atomic E-state index is 0.870. The van der Waals surface area contributed by atoms with E-state index in [1.807, 2.05) is 17.4 Å². The molecular formula is C48H31NOS. The van der Waals surface area contributed by atoms with Crippen LogP contribution in [0.15, 0.2) is 192 Å². The summed E-state index contributed by atoms with van der Waals surface area (Å²) in [5, 5.41) is 4.83. The largest absolute Gasteiger partial charge is 0.456 e. The summed E-state index contributed by atoms with van der Waals surface area (Å²) in [7, 11) is 0. The van der Waals surface area contributed by atoms with Gasteiger partial charge in [0.1, 0.15) is 11.2 Å². The molecule has 0 saturated carbocycles. The SMILES string of the molecule is c1ccc(-c2cc(-c3ccccc3)cc(N(c3ccc(-c4ccc5c(c4)sc4ccccc45)cc3)c3cccc4oc5ccccc5c34)c2)cc1. The molecule has 0 radical (unpaired) electrons. The molecule has 0 N–H and O–H groups in total. The maximum Gasteiger partial charge on any atom is 0.137 e. The first-order valence-corrected chi connectivity index (χ1v) is 18.1. The molecule has 0 unspecified atom stereocenters. The van der Waals surface area contributed by atoms with Gasteiger partial charge in [0.25, 0.3) is 0 Å². The highest BCUT2D eigenvalue weighted by Gasteiger charge is 2.21. The molecule has 0 bridgehead atoms. The predicted molar refractivity (Wildman–Crippen MR) is 218 cm³/mol. The minimum absolute atomic E-state index is 0.870. The summed E-state index contributed by atoms with van der Waals surface area (Å²) in [4.78, 5) is 2.39. The molecule has 51 heavy (non-hydrogen) atoms. The molecule has 0 aliphatic rings. The Bertz CT molecular complexity index is 2790. The van der Waals surface area contributed by atoms with Crippen molar-refractivity contribution in [3.63, 3.8) is 0 Å². The van der Waals surface area contributed by atoms with Gasteiger partial charge >= 0.3 is 0 Å². The number of hydrogen-bond donors (Lipinski definition) is 0. The van der Waals surface area contributed by atoms with Gasteiger partial charge in [0.15, 0.2) is 0 Å². The number of furan rings is 1. The van der Waals surface area contributed by atoms with Gasteiger partial charge in [-0.25, -0.2) is 0 Å². The van der Waals surface area contributed by atoms with Crippen LogP contribution in [-0.4, -0.2) is 0 Å². The number of benzene rings is 8. The lowest BCUT2D eigenvalue weighted by atomic mass is 9.97. The lowest BCUT2D eigenvalue weighted by molar-refractivity contribution is 0.669. The Hall–Kier alpha value is -6.42. The fraction of sp³-hybridized carbons (Fsp3) is 0. The summed E-state index contributed by atoms with van der Waals surface area (Å²) < 4.78 is 9.04. The second kappa shape index (κ2) is 12.2. The zero-order valence-corrected chi connectivity index (χ0v) is 28.5. The summed E-state index contributed by atoms with van der Waals surface area (Å²) >= 11 is 1.86. The van der Waals surface area contributed by atoms with Crippen LogP contribution in [0.1, 0.15) is 0 Å². The molecule has 0 aliphatic heterocycles. The van der Waals surface area contributed by atoms with Crippen LogP contribution >= 0.6 is 11.3 Å². The Morgan fingerprint density at radius 1 is 0.353 bits per heavy atom. The Morgan fingerprint density at radius 3 is 1.69 bits per heavy atom. The summed E-state index contributed by atoms with van der Waals surface area (Å²) in [5.74, 6) is 0. The standard InChI is InChI=1S/C48H31NOS/c1-3-12-32(13-4-1)36-28-37(33-14-5-2-6-15-33)30-39(29-36)49(43-18-11-20-45-48(43)42-17-7-9-19-44(42)50-45)38-25-22-34(23-26-38)35-24-27-41-40-16-8-10-21-46(40)51-47(41)31-35/h1-31H. The second-order valence-electron chi connectivity index (χ2n) is 12.9. The van der Waals surface area contributed by atoms with Gasteiger partial charge in [-0.05, 0) is 94.0 Å². The number of rotatable bonds is 6. The van der Waals surface area contributed by atoms with Crippen LogP contribution in [0, 0.1) is 0 Å². The Kier molecular flexibility index (Phi) is 7.04. The molecule has 2 nitrogen and oxygen atoms in total. The molecule has 0 spiro atoms. The van der Waals surface area contributed by atoms with E-state index in [1.165, 1.54) is 42.4 Å². The first-order valence-electron chi connectivity index (χ1n) is 17.2. The molecule has 3 heteroatoms. The molecule has 0 fully saturated rings. The monoisotopic (exact) mass is 669 g/mol. The highest BCUT2D eigenvalue weighted by molar-refractivity contribution is 7.25. The summed E-state index contributed by atoms with van der Waals surface area (Å²) in [6, 6.07) is 67.5. The van der Waals surface area contributed by atoms with Gasteiger partial charge in [-0.3, -0.25) is 0 Å². The number of fused-ring (bicyclic) bond motifs is 6. The lowest BCUT2D eigenvalue weighted by Crippen LogP contribution is -2.10. The van der Waals surface area contributed by atoms with E-state index in [0.717, 1.165) is 50.1 Å². The van der Waals surface area contributed by atoms with Gasteiger partial charge in [0.2, 0.25) is 0 Å². The van der Waals surface area contributed by atoms with Crippen molar-refractivity contribution in [1.29, 1.82) is 0 Å². The fourth-order valence-electron chi connectivity index (χ4n) is 7.41. The first-order chi connectivity index (χ1) is 25.3. The third kappa shape index (κ3) is 5.18. The molecule has 0 aliphatic carbocycles. The third-order valence-electron chi connectivity index (χ3n) is 9.85. The van der Waals surface area contributed by atoms with E-state index in [2.05, 4.69) is 187 Å². The molecule has 0 atom stereocenters. The van der Waals surface area contributed by atoms with E-state index in [1.54, 1.807) is 0 Å². The average Bonchev–Trinajstić information content (AvgIpc) is 3.77. The fourth-order valence-corrected chi connectivity index (χ4v) is 8.56. The molecule has 10 aromatic rings. The van der Waals surface area contributed by atoms with Crippen molar-refractivity contribution in [2.45, 2.75) is 0 Å². The highest BCUT2D eigenvalue weighted by atomic mass is 32.1. The van der Waals surface area contributed by atoms with Crippen molar-refractivity contribution < 1.29 is 4.42 Å². The van der Waals surface area contributed by atoms with Crippen LogP contribution in [0.3, 0.4) is 0 Å². The van der Waals surface area contributed by atoms with Gasteiger partial charge in [-0.1, -0.05) is 127 Å². The Morgan fingerprint density at radius 2 is 0.941 bits per heavy atom. The van der Waals surface area contributed by atoms with E-state index in [9.17, 15) is 0 Å². The van der Waals surface area contributed by atoms with Crippen molar-refractivity contribution in [1.82, 2.24) is 0 Å². The molecule has 2 heterocycles. The summed E-state index contributed by atoms with van der Waals surface area (Å²) in [5.41, 5.74) is 12.1. The van der Waals surface area contributed by atoms with Gasteiger partial charge in [0.05, 0.1) is 11.1 Å². The van der Waals surface area contributed by atoms with Crippen LogP contribution in [0.25, 0.3) is 75.5 Å². The molecule has 240 valence electrons. The second-order valence-corrected chi connectivity index (χ2v) is 14.0. The van der Waals surface area contributed by atoms with E-state index in [4.69, 9.17) is 4.42 Å². The lowest BCUT2D eigenvalue weighted by Gasteiger charge is -2.28. The predicted octanol–water partition coefficient (Wildman–Crippen LogP) is 14.4. The maximum atomic E-state index is 6.41. The highest BCUT2D eigenvalue weighted by Crippen LogP contribution is 2.45. The molecule has 8 aromatic carbocycles. The molecule has 0 amide bonds. The minimum Gasteiger partial charge on any atom is -0.456 e. The number of hydrogen-bond acceptors (Lipinski definition) is 3. The van der Waals surface area contributed by atoms with Crippen molar-refractivity contribution in [3.8, 4) is 33.4 Å². The Balaban J connectivity index is 1.18. The van der Waals surface area contributed by atoms with Gasteiger partial charge in [-0.2, -0.15) is 0 Å². The van der Waals surface area contributed by atoms with E-state index < -0.39 is 0 Å². The van der Waals surface area contributed by atoms with Crippen LogP contribution in [-0.2, 0) is 0 Å². The topological polar surface area (TPSA) is 16.4 Å². The van der Waals surface area contributed by atoms with Crippen LogP contribution in [0.5, 0.6) is 0 Å². The van der Waals surface area contributed by atoms with Crippen molar-refractivity contribution >= 4 is 70.5 Å². The number of nitrogens with zero attached hydrogens (tertiary/aromatic N) is 1. The smallest absolute Gasteiger partial charge is 0.137 e. The van der Waals surface area contributed by atoms with E-state index in [0.29, 0.717) is 0 Å². The zero-order valence-electron chi connectivity index (χ0n) is 27.7. The van der Waals surface area contributed by atoms with E-state index >= 15 is 0 Å². The molecular weight excluding hydrogens is 639 g/mol. The number of thiophene rings is 1. The summed E-state index contributed by atoms with van der Waals surface area (Å²) in [6.07, 6.45) is 0. The zero-order chi connectivity index (χ0) is 33.7.